The SMILES string of the molecule is Cc1[nH]ncc1CNCc1cnn(Cc2ccccc2)c1. The molecule has 0 radical (unpaired) electrons. The smallest absolute Gasteiger partial charge is 0.0659 e. The second-order valence-electron chi connectivity index (χ2n) is 5.16. The molecule has 108 valence electrons. The molecule has 3 aromatic rings. The normalized spacial score (nSPS) is 10.9. The summed E-state index contributed by atoms with van der Waals surface area (Å²) in [7, 11) is 0. The van der Waals surface area contributed by atoms with Gasteiger partial charge in [-0.3, -0.25) is 9.78 Å². The van der Waals surface area contributed by atoms with Gasteiger partial charge in [0.1, 0.15) is 0 Å². The van der Waals surface area contributed by atoms with Crippen LogP contribution in [0.3, 0.4) is 0 Å². The maximum Gasteiger partial charge on any atom is 0.0659 e. The summed E-state index contributed by atoms with van der Waals surface area (Å²) in [5.74, 6) is 0. The monoisotopic (exact) mass is 281 g/mol. The summed E-state index contributed by atoms with van der Waals surface area (Å²) < 4.78 is 1.97. The van der Waals surface area contributed by atoms with Gasteiger partial charge in [-0.05, 0) is 12.5 Å². The second-order valence-corrected chi connectivity index (χ2v) is 5.16. The van der Waals surface area contributed by atoms with Crippen LogP contribution in [0, 0.1) is 6.92 Å². The van der Waals surface area contributed by atoms with Crippen LogP contribution in [0.5, 0.6) is 0 Å². The van der Waals surface area contributed by atoms with Gasteiger partial charge in [-0.15, -0.1) is 0 Å². The molecule has 21 heavy (non-hydrogen) atoms. The predicted octanol–water partition coefficient (Wildman–Crippen LogP) is 2.25. The van der Waals surface area contributed by atoms with Gasteiger partial charge < -0.3 is 5.32 Å². The third-order valence-electron chi connectivity index (χ3n) is 3.45. The van der Waals surface area contributed by atoms with Crippen molar-refractivity contribution < 1.29 is 0 Å². The van der Waals surface area contributed by atoms with Crippen LogP contribution in [0.25, 0.3) is 0 Å². The molecule has 0 aliphatic rings. The maximum absolute atomic E-state index is 4.40. The van der Waals surface area contributed by atoms with Crippen molar-refractivity contribution in [1.82, 2.24) is 25.3 Å². The number of aryl methyl sites for hydroxylation is 1. The Morgan fingerprint density at radius 2 is 1.95 bits per heavy atom. The van der Waals surface area contributed by atoms with E-state index < -0.39 is 0 Å². The minimum absolute atomic E-state index is 0.805. The summed E-state index contributed by atoms with van der Waals surface area (Å²) in [6, 6.07) is 10.4. The summed E-state index contributed by atoms with van der Waals surface area (Å²) >= 11 is 0. The summed E-state index contributed by atoms with van der Waals surface area (Å²) in [5.41, 5.74) is 4.76. The molecule has 0 saturated carbocycles. The lowest BCUT2D eigenvalue weighted by atomic mass is 10.2. The molecule has 3 rings (SSSR count). The molecule has 0 saturated heterocycles. The first-order valence-corrected chi connectivity index (χ1v) is 7.06. The molecule has 0 fully saturated rings. The average Bonchev–Trinajstić information content (AvgIpc) is 3.10. The molecule has 0 aliphatic carbocycles. The third kappa shape index (κ3) is 3.58. The van der Waals surface area contributed by atoms with Crippen molar-refractivity contribution in [3.8, 4) is 0 Å². The number of benzene rings is 1. The molecule has 2 aromatic heterocycles. The standard InChI is InChI=1S/C16H19N5/c1-13-16(10-18-20-13)9-17-7-15-8-19-21(12-15)11-14-5-3-2-4-6-14/h2-6,8,10,12,17H,7,9,11H2,1H3,(H,18,20). The lowest BCUT2D eigenvalue weighted by molar-refractivity contribution is 0.676. The van der Waals surface area contributed by atoms with E-state index >= 15 is 0 Å². The van der Waals surface area contributed by atoms with Gasteiger partial charge in [0.2, 0.25) is 0 Å². The highest BCUT2D eigenvalue weighted by atomic mass is 15.3. The van der Waals surface area contributed by atoms with Gasteiger partial charge in [-0.25, -0.2) is 0 Å². The molecule has 0 unspecified atom stereocenters. The number of rotatable bonds is 6. The van der Waals surface area contributed by atoms with Gasteiger partial charge in [-0.1, -0.05) is 30.3 Å². The predicted molar refractivity (Wildman–Crippen MR) is 81.6 cm³/mol. The molecular weight excluding hydrogens is 262 g/mol. The van der Waals surface area contributed by atoms with Crippen molar-refractivity contribution in [2.75, 3.05) is 0 Å². The number of hydrogen-bond acceptors (Lipinski definition) is 3. The minimum Gasteiger partial charge on any atom is -0.308 e. The van der Waals surface area contributed by atoms with Crippen LogP contribution in [0.1, 0.15) is 22.4 Å². The lowest BCUT2D eigenvalue weighted by Crippen LogP contribution is -2.12. The van der Waals surface area contributed by atoms with E-state index in [2.05, 4.69) is 51.1 Å². The van der Waals surface area contributed by atoms with Crippen LogP contribution in [-0.2, 0) is 19.6 Å². The van der Waals surface area contributed by atoms with Gasteiger partial charge in [-0.2, -0.15) is 10.2 Å². The van der Waals surface area contributed by atoms with Crippen LogP contribution in [0.2, 0.25) is 0 Å². The molecular formula is C16H19N5. The minimum atomic E-state index is 0.805. The van der Waals surface area contributed by atoms with Crippen LogP contribution >= 0.6 is 0 Å². The van der Waals surface area contributed by atoms with E-state index in [0.29, 0.717) is 0 Å². The summed E-state index contributed by atoms with van der Waals surface area (Å²) in [6.07, 6.45) is 5.86. The number of hydrogen-bond donors (Lipinski definition) is 2. The van der Waals surface area contributed by atoms with Crippen molar-refractivity contribution >= 4 is 0 Å². The Morgan fingerprint density at radius 3 is 2.71 bits per heavy atom. The van der Waals surface area contributed by atoms with Crippen LogP contribution in [0.15, 0.2) is 48.9 Å². The van der Waals surface area contributed by atoms with E-state index in [-0.39, 0.29) is 0 Å². The van der Waals surface area contributed by atoms with Crippen molar-refractivity contribution in [3.05, 3.63) is 71.3 Å². The van der Waals surface area contributed by atoms with E-state index in [0.717, 1.165) is 25.3 Å². The summed E-state index contributed by atoms with van der Waals surface area (Å²) in [4.78, 5) is 0. The Kier molecular flexibility index (Phi) is 4.12. The zero-order valence-corrected chi connectivity index (χ0v) is 12.1. The Balaban J connectivity index is 1.52. The summed E-state index contributed by atoms with van der Waals surface area (Å²) in [5, 5.41) is 14.8. The quantitative estimate of drug-likeness (QED) is 0.728. The van der Waals surface area contributed by atoms with Crippen LogP contribution in [-0.4, -0.2) is 20.0 Å². The van der Waals surface area contributed by atoms with E-state index in [9.17, 15) is 0 Å². The Morgan fingerprint density at radius 1 is 1.10 bits per heavy atom. The third-order valence-corrected chi connectivity index (χ3v) is 3.45. The first-order chi connectivity index (χ1) is 10.3. The Labute approximate surface area is 124 Å². The van der Waals surface area contributed by atoms with Crippen molar-refractivity contribution in [2.24, 2.45) is 0 Å². The molecule has 0 amide bonds. The van der Waals surface area contributed by atoms with Crippen molar-refractivity contribution in [1.29, 1.82) is 0 Å². The highest BCUT2D eigenvalue weighted by Crippen LogP contribution is 2.05. The fourth-order valence-corrected chi connectivity index (χ4v) is 2.25. The molecule has 2 N–H and O–H groups in total. The van der Waals surface area contributed by atoms with E-state index in [1.807, 2.05) is 30.1 Å². The molecule has 5 nitrogen and oxygen atoms in total. The number of aromatic nitrogens is 4. The zero-order valence-electron chi connectivity index (χ0n) is 12.1. The highest BCUT2D eigenvalue weighted by molar-refractivity contribution is 5.16. The zero-order chi connectivity index (χ0) is 14.5. The number of H-pyrrole nitrogens is 1. The van der Waals surface area contributed by atoms with Crippen molar-refractivity contribution in [2.45, 2.75) is 26.6 Å². The fourth-order valence-electron chi connectivity index (χ4n) is 2.25. The molecule has 5 heteroatoms. The summed E-state index contributed by atoms with van der Waals surface area (Å²) in [6.45, 7) is 4.45. The van der Waals surface area contributed by atoms with Gasteiger partial charge in [0.15, 0.2) is 0 Å². The fraction of sp³-hybridized carbons (Fsp3) is 0.250. The highest BCUT2D eigenvalue weighted by Gasteiger charge is 2.02. The Bertz CT molecular complexity index is 684. The van der Waals surface area contributed by atoms with E-state index in [1.165, 1.54) is 16.7 Å². The molecule has 0 aliphatic heterocycles. The first kappa shape index (κ1) is 13.6. The number of aromatic amines is 1. The molecule has 0 atom stereocenters. The second kappa shape index (κ2) is 6.37. The number of nitrogens with zero attached hydrogens (tertiary/aromatic N) is 3. The molecule has 0 spiro atoms. The van der Waals surface area contributed by atoms with Gasteiger partial charge in [0, 0.05) is 36.1 Å². The average molecular weight is 281 g/mol. The Hall–Kier alpha value is -2.40. The van der Waals surface area contributed by atoms with Crippen molar-refractivity contribution in [3.63, 3.8) is 0 Å². The maximum atomic E-state index is 4.40. The van der Waals surface area contributed by atoms with Gasteiger partial charge >= 0.3 is 0 Å². The largest absolute Gasteiger partial charge is 0.308 e. The molecule has 2 heterocycles. The van der Waals surface area contributed by atoms with Crippen LogP contribution in [0.4, 0.5) is 0 Å². The van der Waals surface area contributed by atoms with E-state index in [1.54, 1.807) is 0 Å². The lowest BCUT2D eigenvalue weighted by Gasteiger charge is -2.02. The van der Waals surface area contributed by atoms with Gasteiger partial charge in [0.05, 0.1) is 18.9 Å². The molecule has 0 bridgehead atoms. The van der Waals surface area contributed by atoms with Crippen LogP contribution < -0.4 is 5.32 Å². The topological polar surface area (TPSA) is 58.5 Å². The van der Waals surface area contributed by atoms with Gasteiger partial charge in [0.25, 0.3) is 0 Å². The first-order valence-electron chi connectivity index (χ1n) is 7.06. The molecule has 1 aromatic carbocycles. The number of nitrogens with one attached hydrogen (secondary N) is 2. The van der Waals surface area contributed by atoms with E-state index in [4.69, 9.17) is 0 Å².